The van der Waals surface area contributed by atoms with Crippen LogP contribution in [0.25, 0.3) is 0 Å². The van der Waals surface area contributed by atoms with Gasteiger partial charge in [-0.05, 0) is 230 Å². The number of carbonyl (C=O) groups is 2. The van der Waals surface area contributed by atoms with Gasteiger partial charge in [0.1, 0.15) is 0 Å². The minimum absolute atomic E-state index is 0.371. The zero-order chi connectivity index (χ0) is 61.0. The number of nitrogens with zero attached hydrogens (tertiary/aromatic N) is 1. The van der Waals surface area contributed by atoms with Crippen LogP contribution in [-0.2, 0) is 62.7 Å². The monoisotopic (exact) mass is 1190 g/mol. The Labute approximate surface area is 493 Å². The third-order valence-corrected chi connectivity index (χ3v) is 21.1. The largest absolute Gasteiger partial charge is 0.500 e. The molecule has 424 valence electrons. The lowest BCUT2D eigenvalue weighted by molar-refractivity contribution is -0.125. The number of hydrogen-bond acceptors (Lipinski definition) is 15. The molecule has 0 aliphatic carbocycles. The van der Waals surface area contributed by atoms with Crippen molar-refractivity contribution in [2.45, 2.75) is 63.7 Å². The summed E-state index contributed by atoms with van der Waals surface area (Å²) in [6, 6.07) is 2.68. The van der Waals surface area contributed by atoms with Crippen LogP contribution in [0.2, 0.25) is 24.2 Å². The van der Waals surface area contributed by atoms with Crippen molar-refractivity contribution in [1.29, 1.82) is 0 Å². The Morgan fingerprint density at radius 1 is 0.333 bits per heavy atom. The minimum atomic E-state index is -2.76. The van der Waals surface area contributed by atoms with Crippen LogP contribution in [0.1, 0.15) is 39.5 Å². The first-order valence-electron chi connectivity index (χ1n) is 23.9. The van der Waals surface area contributed by atoms with Crippen molar-refractivity contribution in [2.24, 2.45) is 0 Å². The van der Waals surface area contributed by atoms with Gasteiger partial charge in [-0.25, -0.2) is 0 Å². The zero-order valence-electron chi connectivity index (χ0n) is 48.5. The lowest BCUT2D eigenvalue weighted by Gasteiger charge is -2.27. The molecule has 1 amide bonds. The molecule has 0 aromatic carbocycles. The molecule has 0 aromatic rings. The Balaban J connectivity index is -0.00000124. The highest BCUT2D eigenvalue weighted by Gasteiger charge is 2.40. The third-order valence-electron chi connectivity index (χ3n) is 9.72. The van der Waals surface area contributed by atoms with Crippen molar-refractivity contribution in [3.05, 3.63) is 0 Å². The van der Waals surface area contributed by atoms with E-state index in [0.29, 0.717) is 38.0 Å². The second-order valence-corrected chi connectivity index (χ2v) is 26.9. The molecule has 1 N–H and O–H groups in total. The average Bonchev–Trinajstić information content (AvgIpc) is 3.49. The van der Waals surface area contributed by atoms with Gasteiger partial charge < -0.3 is 63.3 Å². The van der Waals surface area contributed by atoms with E-state index in [9.17, 15) is 9.59 Å². The van der Waals surface area contributed by atoms with Crippen LogP contribution in [0.5, 0.6) is 0 Å². The first kappa shape index (κ1) is 78.0. The molecule has 0 heterocycles. The summed E-state index contributed by atoms with van der Waals surface area (Å²) in [7, 11) is 8.75. The lowest BCUT2D eigenvalue weighted by atomic mass is 10.3. The maximum absolute atomic E-state index is 12.8. The van der Waals surface area contributed by atoms with Gasteiger partial charge in [0, 0.05) is 134 Å². The standard InChI is InChI=1S/C30H33NO7Si2.C18H3ClO.C12H31NO6Si2/c1-8-9-10-11-12-13-14-15-16-17-18-19-20-21-22-25-30(32)31(26-23-28-39(33-2,34-3)35-4)27-24-29-40(36-5,37-6)38-7;1-2-3-4-5-6-7-8-9-10-11-12-13-14-15-16-17-18(19)20;1-14-20(15-2,16-3)11-7-9-13-10-8-12-21(17-4,18-5)19-6/h23-24,26-29H2,1-7H3;1H3;13H,7-12H2,1-6H3. The molecule has 0 radical (unpaired) electrons. The van der Waals surface area contributed by atoms with Gasteiger partial charge in [-0.15, -0.1) is 0 Å². The van der Waals surface area contributed by atoms with Crippen LogP contribution in [0.4, 0.5) is 0 Å². The van der Waals surface area contributed by atoms with E-state index in [1.165, 1.54) is 0 Å². The van der Waals surface area contributed by atoms with E-state index in [0.717, 1.165) is 38.0 Å². The van der Waals surface area contributed by atoms with E-state index >= 15 is 0 Å². The first-order chi connectivity index (χ1) is 39.3. The van der Waals surface area contributed by atoms with Crippen molar-refractivity contribution in [2.75, 3.05) is 111 Å². The summed E-state index contributed by atoms with van der Waals surface area (Å²) in [5.74, 6) is 78.9. The summed E-state index contributed by atoms with van der Waals surface area (Å²) in [5, 5.41) is 2.62. The second-order valence-electron chi connectivity index (χ2n) is 14.2. The van der Waals surface area contributed by atoms with E-state index in [1.54, 1.807) is 104 Å². The maximum Gasteiger partial charge on any atom is 0.500 e. The summed E-state index contributed by atoms with van der Waals surface area (Å²) in [4.78, 5) is 24.7. The van der Waals surface area contributed by atoms with Crippen LogP contribution < -0.4 is 5.32 Å². The average molecular weight is 1190 g/mol. The number of nitrogens with one attached hydrogen (secondary N) is 1. The fourth-order valence-electron chi connectivity index (χ4n) is 5.62. The van der Waals surface area contributed by atoms with Gasteiger partial charge in [-0.1, -0.05) is 11.8 Å². The highest BCUT2D eigenvalue weighted by molar-refractivity contribution is 6.68. The van der Waals surface area contributed by atoms with Gasteiger partial charge in [0.15, 0.2) is 0 Å². The van der Waals surface area contributed by atoms with E-state index in [4.69, 9.17) is 64.7 Å². The molecular weight excluding hydrogens is 1120 g/mol. The Morgan fingerprint density at radius 2 is 0.543 bits per heavy atom. The van der Waals surface area contributed by atoms with Crippen molar-refractivity contribution < 1.29 is 62.7 Å². The van der Waals surface area contributed by atoms with Crippen LogP contribution in [0.3, 0.4) is 0 Å². The van der Waals surface area contributed by atoms with E-state index in [-0.39, 0.29) is 5.91 Å². The molecule has 0 rings (SSSR count). The first-order valence-corrected chi connectivity index (χ1v) is 32.0. The molecule has 0 saturated carbocycles. The molecule has 0 atom stereocenters. The lowest BCUT2D eigenvalue weighted by Crippen LogP contribution is -2.44. The van der Waals surface area contributed by atoms with Gasteiger partial charge >= 0.3 is 35.2 Å². The van der Waals surface area contributed by atoms with E-state index in [1.807, 2.05) is 5.92 Å². The molecule has 81 heavy (non-hydrogen) atoms. The molecule has 0 saturated heterocycles. The summed E-state index contributed by atoms with van der Waals surface area (Å²) in [5.41, 5.74) is 0. The quantitative estimate of drug-likeness (QED) is 0.0526. The predicted octanol–water partition coefficient (Wildman–Crippen LogP) is 3.31. The normalized spacial score (nSPS) is 8.93. The molecular formula is C60H67ClN2O14Si4. The van der Waals surface area contributed by atoms with E-state index < -0.39 is 40.5 Å². The Hall–Kier alpha value is -7.26. The summed E-state index contributed by atoms with van der Waals surface area (Å²) >= 11 is 4.96. The Bertz CT molecular complexity index is 2960. The van der Waals surface area contributed by atoms with Crippen LogP contribution in [-0.4, -0.2) is 163 Å². The molecule has 0 aliphatic rings. The second kappa shape index (κ2) is 54.7. The van der Waals surface area contributed by atoms with Crippen molar-refractivity contribution >= 4 is 58.0 Å². The number of rotatable bonds is 28. The van der Waals surface area contributed by atoms with Crippen molar-refractivity contribution in [1.82, 2.24) is 10.2 Å². The highest BCUT2D eigenvalue weighted by atomic mass is 35.5. The van der Waals surface area contributed by atoms with Gasteiger partial charge in [0.2, 0.25) is 0 Å². The third kappa shape index (κ3) is 42.3. The predicted molar refractivity (Wildman–Crippen MR) is 321 cm³/mol. The number of amides is 1. The Kier molecular flexibility index (Phi) is 52.6. The van der Waals surface area contributed by atoms with Crippen molar-refractivity contribution in [3.8, 4) is 189 Å². The number of halogens is 1. The van der Waals surface area contributed by atoms with Gasteiger partial charge in [-0.3, -0.25) is 9.59 Å². The number of hydrogen-bond donors (Lipinski definition) is 1. The topological polar surface area (TPSA) is 160 Å². The van der Waals surface area contributed by atoms with Crippen LogP contribution in [0, 0.1) is 189 Å². The molecule has 21 heteroatoms. The molecule has 0 unspecified atom stereocenters. The zero-order valence-corrected chi connectivity index (χ0v) is 53.3. The molecule has 0 aliphatic heterocycles. The molecule has 16 nitrogen and oxygen atoms in total. The summed E-state index contributed by atoms with van der Waals surface area (Å²) < 4.78 is 65.0. The molecule has 0 spiro atoms. The van der Waals surface area contributed by atoms with Crippen LogP contribution >= 0.6 is 11.6 Å². The molecule has 0 aromatic heterocycles. The van der Waals surface area contributed by atoms with Crippen molar-refractivity contribution in [3.63, 3.8) is 0 Å². The SMILES string of the molecule is CC#CC#CC#CC#CC#CC#CC#CC#CC(=O)Cl.CC#CC#CC#CC#CC#CC#CC#CC#CC(=O)N(CCC[Si](OC)(OC)OC)CCC[Si](OC)(OC)OC.CO[Si](CCCNCCC[Si](OC)(OC)OC)(OC)OC. The molecule has 0 fully saturated rings. The summed E-state index contributed by atoms with van der Waals surface area (Å²) in [6.07, 6.45) is 3.09. The van der Waals surface area contributed by atoms with Gasteiger partial charge in [0.05, 0.1) is 0 Å². The minimum Gasteiger partial charge on any atom is -0.377 e. The fraction of sp³-hybridized carbons (Fsp3) is 0.433. The molecule has 0 bridgehead atoms. The van der Waals surface area contributed by atoms with Crippen LogP contribution in [0.15, 0.2) is 0 Å². The van der Waals surface area contributed by atoms with Gasteiger partial charge in [0.25, 0.3) is 11.1 Å². The highest BCUT2D eigenvalue weighted by Crippen LogP contribution is 2.19. The number of carbonyl (C=O) groups excluding carboxylic acids is 2. The smallest absolute Gasteiger partial charge is 0.377 e. The maximum atomic E-state index is 12.8. The van der Waals surface area contributed by atoms with Gasteiger partial charge in [-0.2, -0.15) is 0 Å². The fourth-order valence-corrected chi connectivity index (χ4v) is 12.5. The Morgan fingerprint density at radius 3 is 0.765 bits per heavy atom. The summed E-state index contributed by atoms with van der Waals surface area (Å²) in [6.45, 7) is 6.02. The van der Waals surface area contributed by atoms with E-state index in [2.05, 4.69) is 189 Å².